The van der Waals surface area contributed by atoms with E-state index in [1.807, 2.05) is 26.8 Å². The van der Waals surface area contributed by atoms with Crippen molar-refractivity contribution in [2.24, 2.45) is 5.41 Å². The first-order chi connectivity index (χ1) is 17.1. The zero-order chi connectivity index (χ0) is 25.9. The number of nitrogens with one attached hydrogen (secondary N) is 1. The van der Waals surface area contributed by atoms with Crippen LogP contribution in [-0.2, 0) is 4.79 Å². The molecule has 1 aromatic heterocycles. The Bertz CT molecular complexity index is 1350. The van der Waals surface area contributed by atoms with Gasteiger partial charge in [0.05, 0.1) is 5.69 Å². The molecule has 4 rings (SSSR count). The standard InChI is InChI=1S/C28H26FN3O4/c1-28(2,3)13-11-18-5-10-25-24(15-18)32(4)27(34)23(17-35-25)31-26(33)22-16-21(12-14-30-22)36-20-8-6-19(29)7-9-20/h5-10,12,14-16,23H,17H2,1-4H3,(H,31,33)/t23-/m0/s1. The summed E-state index contributed by atoms with van der Waals surface area (Å²) in [5, 5.41) is 2.70. The number of nitrogens with zero attached hydrogens (tertiary/aromatic N) is 2. The van der Waals surface area contributed by atoms with E-state index in [1.165, 1.54) is 41.4 Å². The van der Waals surface area contributed by atoms with E-state index in [0.717, 1.165) is 5.56 Å². The molecule has 0 radical (unpaired) electrons. The third-order valence-electron chi connectivity index (χ3n) is 5.26. The highest BCUT2D eigenvalue weighted by Gasteiger charge is 2.31. The normalized spacial score (nSPS) is 15.1. The summed E-state index contributed by atoms with van der Waals surface area (Å²) in [6, 6.07) is 13.0. The van der Waals surface area contributed by atoms with E-state index in [4.69, 9.17) is 9.47 Å². The zero-order valence-corrected chi connectivity index (χ0v) is 20.5. The van der Waals surface area contributed by atoms with Gasteiger partial charge in [0.15, 0.2) is 0 Å². The van der Waals surface area contributed by atoms with Crippen molar-refractivity contribution < 1.29 is 23.5 Å². The lowest BCUT2D eigenvalue weighted by atomic mass is 9.97. The molecule has 0 bridgehead atoms. The third kappa shape index (κ3) is 5.99. The topological polar surface area (TPSA) is 80.8 Å². The summed E-state index contributed by atoms with van der Waals surface area (Å²) in [7, 11) is 1.63. The summed E-state index contributed by atoms with van der Waals surface area (Å²) >= 11 is 0. The molecule has 0 spiro atoms. The van der Waals surface area contributed by atoms with E-state index in [-0.39, 0.29) is 29.4 Å². The second-order valence-corrected chi connectivity index (χ2v) is 9.35. The lowest BCUT2D eigenvalue weighted by molar-refractivity contribution is -0.120. The van der Waals surface area contributed by atoms with Gasteiger partial charge in [-0.3, -0.25) is 14.6 Å². The lowest BCUT2D eigenvalue weighted by Crippen LogP contribution is -2.49. The molecule has 1 N–H and O–H groups in total. The number of likely N-dealkylation sites (N-methyl/N-ethyl adjacent to an activating group) is 1. The molecule has 36 heavy (non-hydrogen) atoms. The molecule has 1 aliphatic rings. The van der Waals surface area contributed by atoms with Crippen molar-refractivity contribution in [3.05, 3.63) is 77.9 Å². The highest BCUT2D eigenvalue weighted by atomic mass is 19.1. The van der Waals surface area contributed by atoms with Crippen molar-refractivity contribution in [2.75, 3.05) is 18.6 Å². The molecule has 8 heteroatoms. The Balaban J connectivity index is 1.48. The number of amides is 2. The Labute approximate surface area is 209 Å². The molecule has 0 fully saturated rings. The van der Waals surface area contributed by atoms with Crippen molar-refractivity contribution in [3.63, 3.8) is 0 Å². The molecule has 3 aromatic rings. The van der Waals surface area contributed by atoms with Gasteiger partial charge in [0.2, 0.25) is 0 Å². The van der Waals surface area contributed by atoms with Crippen molar-refractivity contribution in [1.29, 1.82) is 0 Å². The predicted octanol–water partition coefficient (Wildman–Crippen LogP) is 4.56. The van der Waals surface area contributed by atoms with E-state index in [0.29, 0.717) is 22.9 Å². The van der Waals surface area contributed by atoms with Gasteiger partial charge >= 0.3 is 0 Å². The first-order valence-corrected chi connectivity index (χ1v) is 11.4. The monoisotopic (exact) mass is 487 g/mol. The van der Waals surface area contributed by atoms with Crippen LogP contribution in [0.25, 0.3) is 0 Å². The number of carbonyl (C=O) groups excluding carboxylic acids is 2. The molecule has 1 atom stereocenters. The van der Waals surface area contributed by atoms with Crippen LogP contribution in [0, 0.1) is 23.1 Å². The largest absolute Gasteiger partial charge is 0.489 e. The zero-order valence-electron chi connectivity index (χ0n) is 20.5. The molecule has 2 amide bonds. The van der Waals surface area contributed by atoms with Crippen LogP contribution in [0.15, 0.2) is 60.8 Å². The molecule has 2 heterocycles. The average Bonchev–Trinajstić information content (AvgIpc) is 2.96. The SMILES string of the molecule is CN1C(=O)[C@@H](NC(=O)c2cc(Oc3ccc(F)cc3)ccn2)COc2ccc(C#CC(C)(C)C)cc21. The van der Waals surface area contributed by atoms with Gasteiger partial charge in [-0.15, -0.1) is 0 Å². The number of anilines is 1. The van der Waals surface area contributed by atoms with Crippen LogP contribution >= 0.6 is 0 Å². The fourth-order valence-corrected chi connectivity index (χ4v) is 3.41. The number of carbonyl (C=O) groups is 2. The van der Waals surface area contributed by atoms with Gasteiger partial charge in [-0.05, 0) is 69.3 Å². The van der Waals surface area contributed by atoms with Crippen molar-refractivity contribution in [3.8, 4) is 29.1 Å². The summed E-state index contributed by atoms with van der Waals surface area (Å²) in [6.07, 6.45) is 1.42. The third-order valence-corrected chi connectivity index (χ3v) is 5.26. The molecule has 184 valence electrons. The van der Waals surface area contributed by atoms with Gasteiger partial charge < -0.3 is 19.7 Å². The summed E-state index contributed by atoms with van der Waals surface area (Å²) in [4.78, 5) is 31.6. The van der Waals surface area contributed by atoms with Gasteiger partial charge in [0.25, 0.3) is 11.8 Å². The molecule has 2 aromatic carbocycles. The smallest absolute Gasteiger partial charge is 0.270 e. The number of hydrogen-bond acceptors (Lipinski definition) is 5. The maximum absolute atomic E-state index is 13.2. The van der Waals surface area contributed by atoms with E-state index in [1.54, 1.807) is 25.2 Å². The Hall–Kier alpha value is -4.38. The fourth-order valence-electron chi connectivity index (χ4n) is 3.41. The number of rotatable bonds is 4. The Morgan fingerprint density at radius 2 is 1.89 bits per heavy atom. The Morgan fingerprint density at radius 1 is 1.14 bits per heavy atom. The fraction of sp³-hybridized carbons (Fsp3) is 0.250. The highest BCUT2D eigenvalue weighted by molar-refractivity contribution is 6.03. The molecular formula is C28H26FN3O4. The van der Waals surface area contributed by atoms with Crippen LogP contribution in [0.5, 0.6) is 17.2 Å². The van der Waals surface area contributed by atoms with Crippen molar-refractivity contribution >= 4 is 17.5 Å². The summed E-state index contributed by atoms with van der Waals surface area (Å²) < 4.78 is 24.6. The minimum Gasteiger partial charge on any atom is -0.489 e. The van der Waals surface area contributed by atoms with E-state index in [2.05, 4.69) is 22.1 Å². The summed E-state index contributed by atoms with van der Waals surface area (Å²) in [5.74, 6) is 6.32. The van der Waals surface area contributed by atoms with Crippen LogP contribution in [0.3, 0.4) is 0 Å². The maximum atomic E-state index is 13.2. The number of fused-ring (bicyclic) bond motifs is 1. The molecule has 0 saturated carbocycles. The Kier molecular flexibility index (Phi) is 6.93. The van der Waals surface area contributed by atoms with Gasteiger partial charge in [0.1, 0.15) is 41.4 Å². The number of pyridine rings is 1. The Morgan fingerprint density at radius 3 is 2.61 bits per heavy atom. The van der Waals surface area contributed by atoms with E-state index < -0.39 is 11.9 Å². The van der Waals surface area contributed by atoms with E-state index in [9.17, 15) is 14.0 Å². The van der Waals surface area contributed by atoms with Crippen molar-refractivity contribution in [1.82, 2.24) is 10.3 Å². The minimum absolute atomic E-state index is 0.0410. The first kappa shape index (κ1) is 24.7. The number of benzene rings is 2. The van der Waals surface area contributed by atoms with Gasteiger partial charge in [-0.1, -0.05) is 11.8 Å². The molecule has 1 aliphatic heterocycles. The number of hydrogen-bond donors (Lipinski definition) is 1. The van der Waals surface area contributed by atoms with Crippen LogP contribution < -0.4 is 19.7 Å². The molecule has 7 nitrogen and oxygen atoms in total. The quantitative estimate of drug-likeness (QED) is 0.546. The van der Waals surface area contributed by atoms with E-state index >= 15 is 0 Å². The highest BCUT2D eigenvalue weighted by Crippen LogP contribution is 2.31. The van der Waals surface area contributed by atoms with Crippen LogP contribution in [0.4, 0.5) is 10.1 Å². The maximum Gasteiger partial charge on any atom is 0.270 e. The van der Waals surface area contributed by atoms with Crippen LogP contribution in [0.1, 0.15) is 36.8 Å². The second-order valence-electron chi connectivity index (χ2n) is 9.35. The summed E-state index contributed by atoms with van der Waals surface area (Å²) in [5.41, 5.74) is 1.24. The first-order valence-electron chi connectivity index (χ1n) is 11.4. The van der Waals surface area contributed by atoms with Gasteiger partial charge in [0, 0.05) is 30.3 Å². The lowest BCUT2D eigenvalue weighted by Gasteiger charge is -2.20. The van der Waals surface area contributed by atoms with Gasteiger partial charge in [-0.25, -0.2) is 4.39 Å². The average molecular weight is 488 g/mol. The number of aromatic nitrogens is 1. The molecule has 0 unspecified atom stereocenters. The van der Waals surface area contributed by atoms with Gasteiger partial charge in [-0.2, -0.15) is 0 Å². The molecule has 0 aliphatic carbocycles. The van der Waals surface area contributed by atoms with Crippen LogP contribution in [-0.4, -0.2) is 36.5 Å². The van der Waals surface area contributed by atoms with Crippen LogP contribution in [0.2, 0.25) is 0 Å². The minimum atomic E-state index is -0.928. The predicted molar refractivity (Wildman–Crippen MR) is 134 cm³/mol. The summed E-state index contributed by atoms with van der Waals surface area (Å²) in [6.45, 7) is 6.03. The number of halogens is 1. The second kappa shape index (κ2) is 10.1. The van der Waals surface area contributed by atoms with Crippen molar-refractivity contribution in [2.45, 2.75) is 26.8 Å². The molecular weight excluding hydrogens is 461 g/mol. The molecule has 0 saturated heterocycles. The number of ether oxygens (including phenoxy) is 2.